The van der Waals surface area contributed by atoms with Crippen molar-refractivity contribution in [2.24, 2.45) is 0 Å². The van der Waals surface area contributed by atoms with E-state index in [-0.39, 0.29) is 24.4 Å². The molecule has 0 bridgehead atoms. The van der Waals surface area contributed by atoms with Gasteiger partial charge < -0.3 is 15.0 Å². The number of anilines is 1. The van der Waals surface area contributed by atoms with Crippen molar-refractivity contribution in [2.45, 2.75) is 18.6 Å². The van der Waals surface area contributed by atoms with Crippen LogP contribution >= 0.6 is 0 Å². The van der Waals surface area contributed by atoms with Crippen LogP contribution in [0.4, 0.5) is 18.9 Å². The summed E-state index contributed by atoms with van der Waals surface area (Å²) in [4.78, 5) is 26.0. The van der Waals surface area contributed by atoms with Crippen molar-refractivity contribution in [3.63, 3.8) is 0 Å². The quantitative estimate of drug-likeness (QED) is 0.889. The second-order valence-corrected chi connectivity index (χ2v) is 6.15. The Morgan fingerprint density at radius 3 is 2.30 bits per heavy atom. The van der Waals surface area contributed by atoms with E-state index in [2.05, 4.69) is 5.32 Å². The van der Waals surface area contributed by atoms with E-state index in [0.717, 1.165) is 24.3 Å². The molecule has 2 aromatic rings. The standard InChI is InChI=1S/C19H17F3N2O3/c1-27-16-8-6-15(7-9-16)24-11-14(10-17(24)25)23-18(26)12-2-4-13(5-3-12)19(20,21)22/h2-9,14H,10-11H2,1H3,(H,23,26)/t14-/m1/s1. The number of hydrogen-bond acceptors (Lipinski definition) is 3. The van der Waals surface area contributed by atoms with Gasteiger partial charge in [0.2, 0.25) is 5.91 Å². The molecule has 2 aromatic carbocycles. The highest BCUT2D eigenvalue weighted by Gasteiger charge is 2.33. The van der Waals surface area contributed by atoms with E-state index in [9.17, 15) is 22.8 Å². The van der Waals surface area contributed by atoms with E-state index in [4.69, 9.17) is 4.74 Å². The Kier molecular flexibility index (Phi) is 5.07. The number of ether oxygens (including phenoxy) is 1. The third-order valence-corrected chi connectivity index (χ3v) is 4.32. The number of amides is 2. The minimum absolute atomic E-state index is 0.110. The molecule has 3 rings (SSSR count). The van der Waals surface area contributed by atoms with Crippen molar-refractivity contribution >= 4 is 17.5 Å². The van der Waals surface area contributed by atoms with Crippen LogP contribution in [0.15, 0.2) is 48.5 Å². The van der Waals surface area contributed by atoms with Gasteiger partial charge in [0.25, 0.3) is 5.91 Å². The molecule has 1 fully saturated rings. The Hall–Kier alpha value is -3.03. The van der Waals surface area contributed by atoms with Crippen molar-refractivity contribution in [1.82, 2.24) is 5.32 Å². The second kappa shape index (κ2) is 7.30. The maximum atomic E-state index is 12.6. The van der Waals surface area contributed by atoms with Crippen molar-refractivity contribution in [2.75, 3.05) is 18.6 Å². The highest BCUT2D eigenvalue weighted by Crippen LogP contribution is 2.29. The van der Waals surface area contributed by atoms with Crippen molar-refractivity contribution in [3.8, 4) is 5.75 Å². The van der Waals surface area contributed by atoms with E-state index >= 15 is 0 Å². The van der Waals surface area contributed by atoms with Crippen molar-refractivity contribution in [1.29, 1.82) is 0 Å². The summed E-state index contributed by atoms with van der Waals surface area (Å²) in [6.07, 6.45) is -4.33. The molecule has 1 aliphatic rings. The Balaban J connectivity index is 1.64. The minimum Gasteiger partial charge on any atom is -0.497 e. The topological polar surface area (TPSA) is 58.6 Å². The van der Waals surface area contributed by atoms with Gasteiger partial charge in [-0.25, -0.2) is 0 Å². The molecular weight excluding hydrogens is 361 g/mol. The van der Waals surface area contributed by atoms with E-state index in [1.807, 2.05) is 0 Å². The minimum atomic E-state index is -4.45. The zero-order valence-corrected chi connectivity index (χ0v) is 14.4. The fourth-order valence-electron chi connectivity index (χ4n) is 2.90. The molecule has 0 spiro atoms. The Morgan fingerprint density at radius 1 is 1.11 bits per heavy atom. The van der Waals surface area contributed by atoms with Crippen LogP contribution in [0.3, 0.4) is 0 Å². The lowest BCUT2D eigenvalue weighted by Gasteiger charge is -2.17. The number of nitrogens with one attached hydrogen (secondary N) is 1. The lowest BCUT2D eigenvalue weighted by Crippen LogP contribution is -2.37. The molecule has 27 heavy (non-hydrogen) atoms. The number of halogens is 3. The van der Waals surface area contributed by atoms with Crippen LogP contribution in [0.2, 0.25) is 0 Å². The van der Waals surface area contributed by atoms with Gasteiger partial charge in [-0.1, -0.05) is 0 Å². The third-order valence-electron chi connectivity index (χ3n) is 4.32. The van der Waals surface area contributed by atoms with Crippen LogP contribution in [0, 0.1) is 0 Å². The number of nitrogens with zero attached hydrogens (tertiary/aromatic N) is 1. The number of alkyl halides is 3. The van der Waals surface area contributed by atoms with E-state index in [1.165, 1.54) is 0 Å². The van der Waals surface area contributed by atoms with Gasteiger partial charge in [0.15, 0.2) is 0 Å². The fourth-order valence-corrected chi connectivity index (χ4v) is 2.90. The molecule has 8 heteroatoms. The van der Waals surface area contributed by atoms with Crippen LogP contribution in [-0.2, 0) is 11.0 Å². The molecular formula is C19H17F3N2O3. The molecule has 0 unspecified atom stereocenters. The molecule has 5 nitrogen and oxygen atoms in total. The van der Waals surface area contributed by atoms with Gasteiger partial charge in [-0.3, -0.25) is 9.59 Å². The molecule has 1 atom stereocenters. The van der Waals surface area contributed by atoms with Gasteiger partial charge in [-0.15, -0.1) is 0 Å². The van der Waals surface area contributed by atoms with Gasteiger partial charge in [-0.05, 0) is 48.5 Å². The predicted molar refractivity (Wildman–Crippen MR) is 92.7 cm³/mol. The average Bonchev–Trinajstić information content (AvgIpc) is 3.01. The molecule has 142 valence electrons. The molecule has 0 radical (unpaired) electrons. The fraction of sp³-hybridized carbons (Fsp3) is 0.263. The number of carbonyl (C=O) groups excluding carboxylic acids is 2. The van der Waals surface area contributed by atoms with Crippen molar-refractivity contribution < 1.29 is 27.5 Å². The molecule has 1 saturated heterocycles. The SMILES string of the molecule is COc1ccc(N2C[C@H](NC(=O)c3ccc(C(F)(F)F)cc3)CC2=O)cc1. The number of methoxy groups -OCH3 is 1. The van der Waals surface area contributed by atoms with Gasteiger partial charge in [-0.2, -0.15) is 13.2 Å². The normalized spacial score (nSPS) is 17.1. The van der Waals surface area contributed by atoms with Gasteiger partial charge in [0.05, 0.1) is 18.7 Å². The predicted octanol–water partition coefficient (Wildman–Crippen LogP) is 3.25. The van der Waals surface area contributed by atoms with E-state index < -0.39 is 23.7 Å². The summed E-state index contributed by atoms with van der Waals surface area (Å²) in [7, 11) is 1.54. The Bertz CT molecular complexity index is 833. The van der Waals surface area contributed by atoms with Crippen LogP contribution in [0.1, 0.15) is 22.3 Å². The summed E-state index contributed by atoms with van der Waals surface area (Å²) >= 11 is 0. The Labute approximate surface area is 153 Å². The highest BCUT2D eigenvalue weighted by atomic mass is 19.4. The zero-order valence-electron chi connectivity index (χ0n) is 14.4. The second-order valence-electron chi connectivity index (χ2n) is 6.15. The maximum absolute atomic E-state index is 12.6. The molecule has 0 saturated carbocycles. The summed E-state index contributed by atoms with van der Waals surface area (Å²) in [5.41, 5.74) is -0.0220. The lowest BCUT2D eigenvalue weighted by atomic mass is 10.1. The third kappa shape index (κ3) is 4.21. The summed E-state index contributed by atoms with van der Waals surface area (Å²) in [6.45, 7) is 0.289. The average molecular weight is 378 g/mol. The summed E-state index contributed by atoms with van der Waals surface area (Å²) in [5.74, 6) is 0.00791. The molecule has 0 aliphatic carbocycles. The van der Waals surface area contributed by atoms with Gasteiger partial charge >= 0.3 is 6.18 Å². The molecule has 0 aromatic heterocycles. The van der Waals surface area contributed by atoms with Crippen molar-refractivity contribution in [3.05, 3.63) is 59.7 Å². The number of benzene rings is 2. The first-order valence-electron chi connectivity index (χ1n) is 8.20. The monoisotopic (exact) mass is 378 g/mol. The molecule has 1 N–H and O–H groups in total. The largest absolute Gasteiger partial charge is 0.497 e. The zero-order chi connectivity index (χ0) is 19.6. The first-order valence-corrected chi connectivity index (χ1v) is 8.20. The van der Waals surface area contributed by atoms with Gasteiger partial charge in [0.1, 0.15) is 5.75 Å². The maximum Gasteiger partial charge on any atom is 0.416 e. The molecule has 1 heterocycles. The van der Waals surface area contributed by atoms with E-state index in [1.54, 1.807) is 36.3 Å². The smallest absolute Gasteiger partial charge is 0.416 e. The number of carbonyl (C=O) groups is 2. The number of rotatable bonds is 4. The van der Waals surface area contributed by atoms with Crippen LogP contribution in [-0.4, -0.2) is 31.5 Å². The molecule has 2 amide bonds. The highest BCUT2D eigenvalue weighted by molar-refractivity contribution is 5.99. The Morgan fingerprint density at radius 2 is 1.74 bits per heavy atom. The van der Waals surface area contributed by atoms with E-state index in [0.29, 0.717) is 11.4 Å². The molecule has 1 aliphatic heterocycles. The lowest BCUT2D eigenvalue weighted by molar-refractivity contribution is -0.137. The first kappa shape index (κ1) is 18.8. The summed E-state index contributed by atoms with van der Waals surface area (Å²) in [5, 5.41) is 2.70. The van der Waals surface area contributed by atoms with Crippen LogP contribution < -0.4 is 15.0 Å². The summed E-state index contributed by atoms with van der Waals surface area (Å²) in [6, 6.07) is 10.5. The number of hydrogen-bond donors (Lipinski definition) is 1. The summed E-state index contributed by atoms with van der Waals surface area (Å²) < 4.78 is 42.9. The van der Waals surface area contributed by atoms with Crippen LogP contribution in [0.25, 0.3) is 0 Å². The first-order chi connectivity index (χ1) is 12.8. The van der Waals surface area contributed by atoms with Crippen LogP contribution in [0.5, 0.6) is 5.75 Å². The van der Waals surface area contributed by atoms with Gasteiger partial charge in [0, 0.05) is 24.2 Å².